The van der Waals surface area contributed by atoms with Gasteiger partial charge < -0.3 is 20.7 Å². The molecule has 6 nitrogen and oxygen atoms in total. The van der Waals surface area contributed by atoms with Crippen molar-refractivity contribution in [1.29, 1.82) is 0 Å². The average Bonchev–Trinajstić information content (AvgIpc) is 3.38. The number of aliphatic imine (C=N–C) groups is 1. The molecule has 0 spiro atoms. The third-order valence-corrected chi connectivity index (χ3v) is 3.68. The van der Waals surface area contributed by atoms with Gasteiger partial charge in [-0.3, -0.25) is 9.79 Å². The molecule has 0 aromatic heterocycles. The van der Waals surface area contributed by atoms with E-state index < -0.39 is 6.36 Å². The van der Waals surface area contributed by atoms with Gasteiger partial charge in [-0.15, -0.1) is 37.1 Å². The molecule has 1 aliphatic carbocycles. The highest BCUT2D eigenvalue weighted by Gasteiger charge is 2.31. The van der Waals surface area contributed by atoms with E-state index >= 15 is 0 Å². The fourth-order valence-corrected chi connectivity index (χ4v) is 2.26. The van der Waals surface area contributed by atoms with E-state index in [9.17, 15) is 18.0 Å². The summed E-state index contributed by atoms with van der Waals surface area (Å²) in [4.78, 5) is 15.6. The van der Waals surface area contributed by atoms with Crippen LogP contribution in [0.15, 0.2) is 29.3 Å². The number of hydrogen-bond acceptors (Lipinski definition) is 3. The SMILES string of the molecule is CN=C(NCCCC(=O)NC1CC1)NCc1ccccc1OC(F)(F)F.I. The molecule has 27 heavy (non-hydrogen) atoms. The summed E-state index contributed by atoms with van der Waals surface area (Å²) in [5.74, 6) is 0.226. The van der Waals surface area contributed by atoms with E-state index in [4.69, 9.17) is 0 Å². The van der Waals surface area contributed by atoms with Crippen LogP contribution in [-0.4, -0.2) is 37.9 Å². The number of carbonyl (C=O) groups is 1. The molecule has 1 amide bonds. The first-order valence-corrected chi connectivity index (χ1v) is 8.45. The van der Waals surface area contributed by atoms with Crippen LogP contribution in [0.4, 0.5) is 13.2 Å². The molecule has 0 unspecified atom stereocenters. The molecule has 1 aliphatic rings. The second-order valence-electron chi connectivity index (χ2n) is 5.95. The van der Waals surface area contributed by atoms with Crippen molar-refractivity contribution in [3.05, 3.63) is 29.8 Å². The molecule has 3 N–H and O–H groups in total. The van der Waals surface area contributed by atoms with Crippen molar-refractivity contribution in [2.45, 2.75) is 44.6 Å². The zero-order chi connectivity index (χ0) is 19.0. The normalized spacial score (nSPS) is 14.1. The maximum absolute atomic E-state index is 12.4. The van der Waals surface area contributed by atoms with Crippen molar-refractivity contribution >= 4 is 35.8 Å². The van der Waals surface area contributed by atoms with Crippen LogP contribution in [0.3, 0.4) is 0 Å². The molecular formula is C17H24F3IN4O2. The standard InChI is InChI=1S/C17H23F3N4O2.HI/c1-21-16(22-10-4-7-15(25)24-13-8-9-13)23-11-12-5-2-3-6-14(12)26-17(18,19)20;/h2-3,5-6,13H,4,7-11H2,1H3,(H,24,25)(H2,21,22,23);1H. The van der Waals surface area contributed by atoms with E-state index in [1.54, 1.807) is 19.2 Å². The third kappa shape index (κ3) is 9.68. The number of carbonyl (C=O) groups excluding carboxylic acids is 1. The van der Waals surface area contributed by atoms with Crippen LogP contribution in [0.5, 0.6) is 5.75 Å². The molecule has 10 heteroatoms. The number of rotatable bonds is 8. The Kier molecular flexibility index (Phi) is 9.67. The van der Waals surface area contributed by atoms with Gasteiger partial charge in [0.15, 0.2) is 5.96 Å². The van der Waals surface area contributed by atoms with Gasteiger partial charge in [-0.2, -0.15) is 0 Å². The minimum Gasteiger partial charge on any atom is -0.405 e. The zero-order valence-corrected chi connectivity index (χ0v) is 17.3. The van der Waals surface area contributed by atoms with Gasteiger partial charge in [0, 0.05) is 38.2 Å². The van der Waals surface area contributed by atoms with Crippen molar-refractivity contribution in [3.8, 4) is 5.75 Å². The number of ether oxygens (including phenoxy) is 1. The highest BCUT2D eigenvalue weighted by atomic mass is 127. The van der Waals surface area contributed by atoms with Crippen molar-refractivity contribution in [3.63, 3.8) is 0 Å². The Hall–Kier alpha value is -1.72. The number of nitrogens with one attached hydrogen (secondary N) is 3. The van der Waals surface area contributed by atoms with Crippen molar-refractivity contribution in [2.75, 3.05) is 13.6 Å². The quantitative estimate of drug-likeness (QED) is 0.222. The van der Waals surface area contributed by atoms with Crippen molar-refractivity contribution < 1.29 is 22.7 Å². The van der Waals surface area contributed by atoms with Gasteiger partial charge >= 0.3 is 6.36 Å². The average molecular weight is 500 g/mol. The lowest BCUT2D eigenvalue weighted by Crippen LogP contribution is -2.38. The maximum atomic E-state index is 12.4. The third-order valence-electron chi connectivity index (χ3n) is 3.68. The Labute approximate surface area is 173 Å². The molecule has 0 saturated heterocycles. The summed E-state index contributed by atoms with van der Waals surface area (Å²) >= 11 is 0. The van der Waals surface area contributed by atoms with E-state index in [-0.39, 0.29) is 42.2 Å². The van der Waals surface area contributed by atoms with Crippen LogP contribution in [0.2, 0.25) is 0 Å². The number of hydrogen-bond donors (Lipinski definition) is 3. The number of nitrogens with zero attached hydrogens (tertiary/aromatic N) is 1. The molecule has 0 bridgehead atoms. The minimum atomic E-state index is -4.74. The van der Waals surface area contributed by atoms with Gasteiger partial charge in [0.2, 0.25) is 5.91 Å². The monoisotopic (exact) mass is 500 g/mol. The minimum absolute atomic E-state index is 0. The summed E-state index contributed by atoms with van der Waals surface area (Å²) in [7, 11) is 1.56. The molecule has 0 radical (unpaired) electrons. The summed E-state index contributed by atoms with van der Waals surface area (Å²) in [6, 6.07) is 6.27. The van der Waals surface area contributed by atoms with Gasteiger partial charge in [-0.25, -0.2) is 0 Å². The molecule has 0 heterocycles. The highest BCUT2D eigenvalue weighted by Crippen LogP contribution is 2.26. The van der Waals surface area contributed by atoms with Gasteiger partial charge in [0.05, 0.1) is 0 Å². The Morgan fingerprint density at radius 1 is 1.26 bits per heavy atom. The second-order valence-corrected chi connectivity index (χ2v) is 5.95. The topological polar surface area (TPSA) is 74.8 Å². The van der Waals surface area contributed by atoms with Crippen LogP contribution >= 0.6 is 24.0 Å². The molecule has 2 rings (SSSR count). The first-order chi connectivity index (χ1) is 12.4. The van der Waals surface area contributed by atoms with Gasteiger partial charge in [-0.05, 0) is 25.3 Å². The summed E-state index contributed by atoms with van der Waals surface area (Å²) in [5.41, 5.74) is 0.358. The smallest absolute Gasteiger partial charge is 0.405 e. The maximum Gasteiger partial charge on any atom is 0.573 e. The lowest BCUT2D eigenvalue weighted by molar-refractivity contribution is -0.274. The Bertz CT molecular complexity index is 637. The molecular weight excluding hydrogens is 476 g/mol. The predicted octanol–water partition coefficient (Wildman–Crippen LogP) is 2.93. The predicted molar refractivity (Wildman–Crippen MR) is 107 cm³/mol. The summed E-state index contributed by atoms with van der Waals surface area (Å²) in [6.07, 6.45) is -1.58. The molecule has 0 aliphatic heterocycles. The molecule has 152 valence electrons. The largest absolute Gasteiger partial charge is 0.573 e. The van der Waals surface area contributed by atoms with E-state index in [1.807, 2.05) is 0 Å². The highest BCUT2D eigenvalue weighted by molar-refractivity contribution is 14.0. The number of alkyl halides is 3. The van der Waals surface area contributed by atoms with E-state index in [0.29, 0.717) is 37.0 Å². The summed E-state index contributed by atoms with van der Waals surface area (Å²) < 4.78 is 41.3. The fraction of sp³-hybridized carbons (Fsp3) is 0.529. The number of benzene rings is 1. The first kappa shape index (κ1) is 23.3. The van der Waals surface area contributed by atoms with E-state index in [1.165, 1.54) is 12.1 Å². The number of amides is 1. The van der Waals surface area contributed by atoms with E-state index in [0.717, 1.165) is 12.8 Å². The zero-order valence-electron chi connectivity index (χ0n) is 14.9. The summed E-state index contributed by atoms with van der Waals surface area (Å²) in [6.45, 7) is 0.645. The van der Waals surface area contributed by atoms with Crippen molar-refractivity contribution in [2.24, 2.45) is 4.99 Å². The lowest BCUT2D eigenvalue weighted by atomic mass is 10.2. The van der Waals surface area contributed by atoms with Gasteiger partial charge in [0.1, 0.15) is 5.75 Å². The fourth-order valence-electron chi connectivity index (χ4n) is 2.26. The Balaban J connectivity index is 0.00000364. The van der Waals surface area contributed by atoms with E-state index in [2.05, 4.69) is 25.7 Å². The van der Waals surface area contributed by atoms with Crippen LogP contribution in [0.25, 0.3) is 0 Å². The van der Waals surface area contributed by atoms with Crippen LogP contribution in [0, 0.1) is 0 Å². The number of guanidine groups is 1. The number of para-hydroxylation sites is 1. The van der Waals surface area contributed by atoms with Crippen LogP contribution < -0.4 is 20.7 Å². The second kappa shape index (κ2) is 11.2. The molecule has 0 atom stereocenters. The van der Waals surface area contributed by atoms with Gasteiger partial charge in [-0.1, -0.05) is 18.2 Å². The molecule has 1 aromatic carbocycles. The lowest BCUT2D eigenvalue weighted by Gasteiger charge is -2.15. The number of halogens is 4. The molecule has 1 aromatic rings. The Morgan fingerprint density at radius 3 is 2.59 bits per heavy atom. The molecule has 1 saturated carbocycles. The van der Waals surface area contributed by atoms with Gasteiger partial charge in [0.25, 0.3) is 0 Å². The van der Waals surface area contributed by atoms with Crippen LogP contribution in [0.1, 0.15) is 31.2 Å². The van der Waals surface area contributed by atoms with Crippen LogP contribution in [-0.2, 0) is 11.3 Å². The molecule has 1 fully saturated rings. The summed E-state index contributed by atoms with van der Waals surface area (Å²) in [5, 5.41) is 8.87. The Morgan fingerprint density at radius 2 is 1.96 bits per heavy atom. The van der Waals surface area contributed by atoms with Crippen molar-refractivity contribution in [1.82, 2.24) is 16.0 Å². The first-order valence-electron chi connectivity index (χ1n) is 8.45.